The van der Waals surface area contributed by atoms with Crippen molar-refractivity contribution in [2.75, 3.05) is 13.1 Å². The maximum atomic E-state index is 11.5. The molecule has 0 aliphatic heterocycles. The Labute approximate surface area is 97.2 Å². The van der Waals surface area contributed by atoms with Gasteiger partial charge in [0.25, 0.3) is 5.91 Å². The highest BCUT2D eigenvalue weighted by Gasteiger charge is 2.05. The highest BCUT2D eigenvalue weighted by molar-refractivity contribution is 6.29. The molecule has 0 aromatic carbocycles. The molecule has 0 spiro atoms. The van der Waals surface area contributed by atoms with Crippen molar-refractivity contribution in [2.24, 2.45) is 5.73 Å². The Morgan fingerprint density at radius 1 is 1.38 bits per heavy atom. The number of aromatic nitrogens is 1. The fourth-order valence-corrected chi connectivity index (χ4v) is 1.18. The van der Waals surface area contributed by atoms with Crippen molar-refractivity contribution in [3.63, 3.8) is 0 Å². The van der Waals surface area contributed by atoms with Crippen LogP contribution in [0.1, 0.15) is 10.4 Å². The van der Waals surface area contributed by atoms with Crippen molar-refractivity contribution in [1.29, 1.82) is 0 Å². The van der Waals surface area contributed by atoms with E-state index >= 15 is 0 Å². The molecule has 7 heteroatoms. The second-order valence-electron chi connectivity index (χ2n) is 2.91. The predicted octanol–water partition coefficient (Wildman–Crippen LogP) is 0.133. The first-order valence-electron chi connectivity index (χ1n) is 4.52. The molecular weight excluding hydrogens is 232 g/mol. The van der Waals surface area contributed by atoms with Gasteiger partial charge < -0.3 is 16.4 Å². The normalized spacial score (nSPS) is 9.56. The number of pyridine rings is 1. The highest BCUT2D eigenvalue weighted by Crippen LogP contribution is 2.06. The smallest absolute Gasteiger partial charge is 0.312 e. The Morgan fingerprint density at radius 3 is 2.69 bits per heavy atom. The maximum Gasteiger partial charge on any atom is 0.312 e. The molecule has 1 aromatic rings. The van der Waals surface area contributed by atoms with Gasteiger partial charge in [-0.15, -0.1) is 0 Å². The Balaban J connectivity index is 2.38. The van der Waals surface area contributed by atoms with E-state index in [0.29, 0.717) is 12.1 Å². The van der Waals surface area contributed by atoms with E-state index in [1.807, 2.05) is 0 Å². The van der Waals surface area contributed by atoms with E-state index in [-0.39, 0.29) is 17.6 Å². The van der Waals surface area contributed by atoms with Crippen molar-refractivity contribution < 1.29 is 9.59 Å². The van der Waals surface area contributed by atoms with E-state index in [2.05, 4.69) is 15.6 Å². The molecular formula is C9H11ClN4O2. The number of carbonyl (C=O) groups is 2. The monoisotopic (exact) mass is 242 g/mol. The zero-order valence-electron chi connectivity index (χ0n) is 8.37. The molecule has 6 nitrogen and oxygen atoms in total. The van der Waals surface area contributed by atoms with Crippen molar-refractivity contribution in [1.82, 2.24) is 15.6 Å². The molecule has 0 aliphatic rings. The lowest BCUT2D eigenvalue weighted by atomic mass is 10.2. The molecule has 0 bridgehead atoms. The Bertz CT molecular complexity index is 397. The SMILES string of the molecule is NC(=O)NCCNC(=O)c1ccnc(Cl)c1. The van der Waals surface area contributed by atoms with Gasteiger partial charge in [-0.1, -0.05) is 11.6 Å². The number of carbonyl (C=O) groups excluding carboxylic acids is 2. The van der Waals surface area contributed by atoms with E-state index in [9.17, 15) is 9.59 Å². The molecule has 1 heterocycles. The predicted molar refractivity (Wildman–Crippen MR) is 59.2 cm³/mol. The summed E-state index contributed by atoms with van der Waals surface area (Å²) in [5.74, 6) is -0.282. The average Bonchev–Trinajstić information content (AvgIpc) is 2.24. The zero-order valence-corrected chi connectivity index (χ0v) is 9.12. The second-order valence-corrected chi connectivity index (χ2v) is 3.30. The van der Waals surface area contributed by atoms with Crippen LogP contribution in [0, 0.1) is 0 Å². The summed E-state index contributed by atoms with van der Waals surface area (Å²) in [7, 11) is 0. The maximum absolute atomic E-state index is 11.5. The Morgan fingerprint density at radius 2 is 2.06 bits per heavy atom. The van der Waals surface area contributed by atoms with Crippen LogP contribution < -0.4 is 16.4 Å². The lowest BCUT2D eigenvalue weighted by Crippen LogP contribution is -2.37. The summed E-state index contributed by atoms with van der Waals surface area (Å²) in [5, 5.41) is 5.19. The Kier molecular flexibility index (Phi) is 4.53. The third kappa shape index (κ3) is 4.14. The van der Waals surface area contributed by atoms with Crippen LogP contribution in [0.3, 0.4) is 0 Å². The number of nitrogens with zero attached hydrogens (tertiary/aromatic N) is 1. The van der Waals surface area contributed by atoms with Crippen molar-refractivity contribution in [2.45, 2.75) is 0 Å². The molecule has 0 atom stereocenters. The van der Waals surface area contributed by atoms with Gasteiger partial charge in [0.05, 0.1) is 0 Å². The fourth-order valence-electron chi connectivity index (χ4n) is 1.01. The van der Waals surface area contributed by atoms with Crippen LogP contribution in [-0.2, 0) is 0 Å². The zero-order chi connectivity index (χ0) is 12.0. The minimum atomic E-state index is -0.624. The fraction of sp³-hybridized carbons (Fsp3) is 0.222. The topological polar surface area (TPSA) is 97.1 Å². The molecule has 0 radical (unpaired) electrons. The van der Waals surface area contributed by atoms with Crippen LogP contribution in [0.25, 0.3) is 0 Å². The molecule has 0 aliphatic carbocycles. The molecule has 16 heavy (non-hydrogen) atoms. The molecule has 3 amide bonds. The largest absolute Gasteiger partial charge is 0.352 e. The van der Waals surface area contributed by atoms with Gasteiger partial charge in [-0.3, -0.25) is 4.79 Å². The lowest BCUT2D eigenvalue weighted by molar-refractivity contribution is 0.0954. The summed E-state index contributed by atoms with van der Waals surface area (Å²) in [6, 6.07) is 2.38. The van der Waals surface area contributed by atoms with Gasteiger partial charge in [0, 0.05) is 24.8 Å². The first-order chi connectivity index (χ1) is 7.59. The van der Waals surface area contributed by atoms with Crippen molar-refractivity contribution >= 4 is 23.5 Å². The van der Waals surface area contributed by atoms with Gasteiger partial charge in [0.1, 0.15) is 5.15 Å². The van der Waals surface area contributed by atoms with E-state index in [1.165, 1.54) is 12.3 Å². The molecule has 0 saturated carbocycles. The summed E-state index contributed by atoms with van der Waals surface area (Å²) in [4.78, 5) is 25.6. The Hall–Kier alpha value is -1.82. The van der Waals surface area contributed by atoms with Crippen LogP contribution in [0.5, 0.6) is 0 Å². The number of primary amides is 1. The standard InChI is InChI=1S/C9H11ClN4O2/c10-7-5-6(1-2-12-7)8(15)13-3-4-14-9(11)16/h1-2,5H,3-4H2,(H,13,15)(H3,11,14,16). The lowest BCUT2D eigenvalue weighted by Gasteiger charge is -2.05. The third-order valence-electron chi connectivity index (χ3n) is 1.70. The van der Waals surface area contributed by atoms with E-state index < -0.39 is 6.03 Å². The van der Waals surface area contributed by atoms with E-state index in [0.717, 1.165) is 0 Å². The van der Waals surface area contributed by atoms with Crippen molar-refractivity contribution in [3.05, 3.63) is 29.0 Å². The summed E-state index contributed by atoms with van der Waals surface area (Å²) in [5.41, 5.74) is 5.27. The third-order valence-corrected chi connectivity index (χ3v) is 1.91. The number of rotatable bonds is 4. The number of amides is 3. The molecule has 1 aromatic heterocycles. The number of nitrogens with one attached hydrogen (secondary N) is 2. The number of nitrogens with two attached hydrogens (primary N) is 1. The van der Waals surface area contributed by atoms with Gasteiger partial charge in [-0.25, -0.2) is 9.78 Å². The number of halogens is 1. The van der Waals surface area contributed by atoms with Gasteiger partial charge in [0.2, 0.25) is 0 Å². The van der Waals surface area contributed by atoms with Gasteiger partial charge >= 0.3 is 6.03 Å². The summed E-state index contributed by atoms with van der Waals surface area (Å²) >= 11 is 5.63. The highest BCUT2D eigenvalue weighted by atomic mass is 35.5. The summed E-state index contributed by atoms with van der Waals surface area (Å²) in [6.07, 6.45) is 1.44. The molecule has 0 saturated heterocycles. The number of hydrogen-bond donors (Lipinski definition) is 3. The molecule has 1 rings (SSSR count). The van der Waals surface area contributed by atoms with Crippen molar-refractivity contribution in [3.8, 4) is 0 Å². The minimum absolute atomic E-state index is 0.253. The van der Waals surface area contributed by atoms with Crippen LogP contribution in [0.4, 0.5) is 4.79 Å². The quantitative estimate of drug-likeness (QED) is 0.517. The summed E-state index contributed by atoms with van der Waals surface area (Å²) < 4.78 is 0. The first kappa shape index (κ1) is 12.3. The van der Waals surface area contributed by atoms with E-state index in [1.54, 1.807) is 6.07 Å². The number of urea groups is 1. The van der Waals surface area contributed by atoms with Crippen LogP contribution in [0.2, 0.25) is 5.15 Å². The van der Waals surface area contributed by atoms with Gasteiger partial charge in [-0.2, -0.15) is 0 Å². The van der Waals surface area contributed by atoms with Crippen LogP contribution >= 0.6 is 11.6 Å². The first-order valence-corrected chi connectivity index (χ1v) is 4.90. The average molecular weight is 243 g/mol. The van der Waals surface area contributed by atoms with E-state index in [4.69, 9.17) is 17.3 Å². The minimum Gasteiger partial charge on any atom is -0.352 e. The van der Waals surface area contributed by atoms with Gasteiger partial charge in [-0.05, 0) is 12.1 Å². The summed E-state index contributed by atoms with van der Waals surface area (Å²) in [6.45, 7) is 0.571. The van der Waals surface area contributed by atoms with Crippen LogP contribution in [0.15, 0.2) is 18.3 Å². The second kappa shape index (κ2) is 5.92. The molecule has 0 unspecified atom stereocenters. The van der Waals surface area contributed by atoms with Crippen LogP contribution in [-0.4, -0.2) is 30.0 Å². The van der Waals surface area contributed by atoms with Gasteiger partial charge in [0.15, 0.2) is 0 Å². The molecule has 86 valence electrons. The number of hydrogen-bond acceptors (Lipinski definition) is 3. The molecule has 0 fully saturated rings. The molecule has 4 N–H and O–H groups in total.